The molecular formula is C11H9N5S. The number of nitrogen functional groups attached to an aromatic ring is 1. The van der Waals surface area contributed by atoms with Gasteiger partial charge in [0, 0.05) is 24.0 Å². The van der Waals surface area contributed by atoms with Crippen LogP contribution in [0.2, 0.25) is 0 Å². The molecule has 3 aromatic rings. The molecule has 0 spiro atoms. The number of fused-ring (bicyclic) bond motifs is 1. The molecule has 0 bridgehead atoms. The van der Waals surface area contributed by atoms with Gasteiger partial charge in [-0.1, -0.05) is 0 Å². The lowest BCUT2D eigenvalue weighted by Crippen LogP contribution is -2.09. The molecule has 0 saturated carbocycles. The average molecular weight is 243 g/mol. The molecule has 0 radical (unpaired) electrons. The minimum Gasteiger partial charge on any atom is -0.308 e. The average Bonchev–Trinajstić information content (AvgIpc) is 2.86. The van der Waals surface area contributed by atoms with Crippen LogP contribution in [0, 0.1) is 0 Å². The van der Waals surface area contributed by atoms with E-state index in [9.17, 15) is 0 Å². The molecule has 3 aromatic heterocycles. The number of nitrogens with zero attached hydrogens (tertiary/aromatic N) is 3. The van der Waals surface area contributed by atoms with Gasteiger partial charge in [0.05, 0.1) is 10.2 Å². The molecule has 3 heterocycles. The molecular weight excluding hydrogens is 234 g/mol. The second-order valence-corrected chi connectivity index (χ2v) is 4.39. The number of thiophene rings is 1. The number of hydrogen-bond donors (Lipinski definition) is 2. The summed E-state index contributed by atoms with van der Waals surface area (Å²) in [5.41, 5.74) is 4.38. The Labute approximate surface area is 101 Å². The fraction of sp³-hybridized carbons (Fsp3) is 0. The Balaban J connectivity index is 2.12. The van der Waals surface area contributed by atoms with E-state index in [-0.39, 0.29) is 0 Å². The Bertz CT molecular complexity index is 664. The fourth-order valence-corrected chi connectivity index (χ4v) is 2.33. The van der Waals surface area contributed by atoms with Crippen LogP contribution < -0.4 is 11.3 Å². The van der Waals surface area contributed by atoms with Crippen LogP contribution in [0.5, 0.6) is 0 Å². The van der Waals surface area contributed by atoms with E-state index in [0.717, 1.165) is 15.8 Å². The number of nitrogens with one attached hydrogen (secondary N) is 1. The molecule has 0 amide bonds. The summed E-state index contributed by atoms with van der Waals surface area (Å²) in [6.45, 7) is 0. The van der Waals surface area contributed by atoms with Crippen LogP contribution in [0.4, 0.5) is 5.82 Å². The van der Waals surface area contributed by atoms with E-state index in [0.29, 0.717) is 11.6 Å². The number of hydrogen-bond acceptors (Lipinski definition) is 6. The van der Waals surface area contributed by atoms with E-state index < -0.39 is 0 Å². The van der Waals surface area contributed by atoms with Crippen molar-refractivity contribution >= 4 is 27.4 Å². The topological polar surface area (TPSA) is 76.7 Å². The van der Waals surface area contributed by atoms with Crippen LogP contribution in [0.1, 0.15) is 0 Å². The molecule has 0 aliphatic carbocycles. The van der Waals surface area contributed by atoms with Crippen molar-refractivity contribution in [3.63, 3.8) is 0 Å². The van der Waals surface area contributed by atoms with E-state index in [4.69, 9.17) is 5.84 Å². The number of nitrogens with two attached hydrogens (primary N) is 1. The summed E-state index contributed by atoms with van der Waals surface area (Å²) in [6.07, 6.45) is 3.43. The van der Waals surface area contributed by atoms with Crippen LogP contribution in [-0.4, -0.2) is 15.0 Å². The highest BCUT2D eigenvalue weighted by molar-refractivity contribution is 7.17. The van der Waals surface area contributed by atoms with Gasteiger partial charge in [0.15, 0.2) is 5.82 Å². The zero-order valence-electron chi connectivity index (χ0n) is 8.79. The lowest BCUT2D eigenvalue weighted by atomic mass is 10.2. The molecule has 0 aliphatic heterocycles. The first kappa shape index (κ1) is 10.1. The molecule has 0 aliphatic rings. The standard InChI is InChI=1S/C11H9N5S/c12-16-10-1-3-13-11(15-10)7-5-9-8(14-6-7)2-4-17-9/h1-6H,12H2,(H,13,15,16). The van der Waals surface area contributed by atoms with Crippen LogP contribution in [0.25, 0.3) is 21.6 Å². The van der Waals surface area contributed by atoms with Crippen molar-refractivity contribution in [2.45, 2.75) is 0 Å². The van der Waals surface area contributed by atoms with Gasteiger partial charge < -0.3 is 5.43 Å². The first-order valence-corrected chi connectivity index (χ1v) is 5.88. The number of hydrazine groups is 1. The summed E-state index contributed by atoms with van der Waals surface area (Å²) in [7, 11) is 0. The Morgan fingerprint density at radius 1 is 1.24 bits per heavy atom. The summed E-state index contributed by atoms with van der Waals surface area (Å²) in [4.78, 5) is 12.8. The molecule has 6 heteroatoms. The molecule has 17 heavy (non-hydrogen) atoms. The first-order valence-electron chi connectivity index (χ1n) is 5.00. The normalized spacial score (nSPS) is 10.6. The lowest BCUT2D eigenvalue weighted by Gasteiger charge is -2.02. The fourth-order valence-electron chi connectivity index (χ4n) is 1.55. The third kappa shape index (κ3) is 1.83. The molecule has 0 aromatic carbocycles. The highest BCUT2D eigenvalue weighted by atomic mass is 32.1. The largest absolute Gasteiger partial charge is 0.308 e. The van der Waals surface area contributed by atoms with Gasteiger partial charge in [0.1, 0.15) is 5.82 Å². The Hall–Kier alpha value is -2.05. The summed E-state index contributed by atoms with van der Waals surface area (Å²) >= 11 is 1.65. The third-order valence-electron chi connectivity index (χ3n) is 2.36. The molecule has 84 valence electrons. The van der Waals surface area contributed by atoms with Crippen molar-refractivity contribution < 1.29 is 0 Å². The molecule has 0 saturated heterocycles. The van der Waals surface area contributed by atoms with E-state index in [1.54, 1.807) is 29.8 Å². The van der Waals surface area contributed by atoms with Crippen molar-refractivity contribution in [3.05, 3.63) is 36.0 Å². The minimum atomic E-state index is 0.585. The number of anilines is 1. The Morgan fingerprint density at radius 2 is 2.18 bits per heavy atom. The quantitative estimate of drug-likeness (QED) is 0.532. The van der Waals surface area contributed by atoms with Gasteiger partial charge in [0.25, 0.3) is 0 Å². The molecule has 0 atom stereocenters. The molecule has 3 N–H and O–H groups in total. The second kappa shape index (κ2) is 4.08. The number of aromatic nitrogens is 3. The SMILES string of the molecule is NNc1ccnc(-c2cnc3ccsc3c2)n1. The monoisotopic (exact) mass is 243 g/mol. The molecule has 3 rings (SSSR count). The Morgan fingerprint density at radius 3 is 3.06 bits per heavy atom. The molecule has 0 fully saturated rings. The molecule has 0 unspecified atom stereocenters. The summed E-state index contributed by atoms with van der Waals surface area (Å²) < 4.78 is 1.12. The van der Waals surface area contributed by atoms with Crippen LogP contribution in [-0.2, 0) is 0 Å². The van der Waals surface area contributed by atoms with Crippen LogP contribution in [0.3, 0.4) is 0 Å². The first-order chi connectivity index (χ1) is 8.36. The van der Waals surface area contributed by atoms with Crippen molar-refractivity contribution in [3.8, 4) is 11.4 Å². The lowest BCUT2D eigenvalue weighted by molar-refractivity contribution is 1.14. The van der Waals surface area contributed by atoms with Gasteiger partial charge in [-0.2, -0.15) is 0 Å². The maximum atomic E-state index is 5.32. The van der Waals surface area contributed by atoms with Gasteiger partial charge >= 0.3 is 0 Å². The van der Waals surface area contributed by atoms with Crippen molar-refractivity contribution in [1.82, 2.24) is 15.0 Å². The third-order valence-corrected chi connectivity index (χ3v) is 3.22. The minimum absolute atomic E-state index is 0.585. The van der Waals surface area contributed by atoms with Crippen molar-refractivity contribution in [2.75, 3.05) is 5.43 Å². The summed E-state index contributed by atoms with van der Waals surface area (Å²) in [5, 5.41) is 2.01. The van der Waals surface area contributed by atoms with Gasteiger partial charge in [-0.25, -0.2) is 15.8 Å². The molecule has 5 nitrogen and oxygen atoms in total. The van der Waals surface area contributed by atoms with E-state index in [1.807, 2.05) is 17.5 Å². The van der Waals surface area contributed by atoms with Gasteiger partial charge in [0.2, 0.25) is 0 Å². The number of pyridine rings is 1. The highest BCUT2D eigenvalue weighted by Gasteiger charge is 2.05. The van der Waals surface area contributed by atoms with Crippen molar-refractivity contribution in [2.24, 2.45) is 5.84 Å². The second-order valence-electron chi connectivity index (χ2n) is 3.44. The highest BCUT2D eigenvalue weighted by Crippen LogP contribution is 2.24. The Kier molecular flexibility index (Phi) is 2.43. The van der Waals surface area contributed by atoms with Gasteiger partial charge in [-0.05, 0) is 17.5 Å². The summed E-state index contributed by atoms with van der Waals surface area (Å²) in [5.74, 6) is 6.52. The smallest absolute Gasteiger partial charge is 0.163 e. The van der Waals surface area contributed by atoms with E-state index in [1.165, 1.54) is 0 Å². The van der Waals surface area contributed by atoms with Crippen LogP contribution in [0.15, 0.2) is 36.0 Å². The predicted octanol–water partition coefficient (Wildman–Crippen LogP) is 2.04. The zero-order chi connectivity index (χ0) is 11.7. The van der Waals surface area contributed by atoms with Gasteiger partial charge in [-0.3, -0.25) is 4.98 Å². The predicted molar refractivity (Wildman–Crippen MR) is 68.5 cm³/mol. The van der Waals surface area contributed by atoms with E-state index in [2.05, 4.69) is 20.4 Å². The zero-order valence-corrected chi connectivity index (χ0v) is 9.61. The maximum absolute atomic E-state index is 5.32. The number of rotatable bonds is 2. The summed E-state index contributed by atoms with van der Waals surface area (Å²) in [6, 6.07) is 5.73. The van der Waals surface area contributed by atoms with E-state index >= 15 is 0 Å². The van der Waals surface area contributed by atoms with Crippen molar-refractivity contribution in [1.29, 1.82) is 0 Å². The maximum Gasteiger partial charge on any atom is 0.163 e. The van der Waals surface area contributed by atoms with Crippen LogP contribution >= 0.6 is 11.3 Å². The van der Waals surface area contributed by atoms with Gasteiger partial charge in [-0.15, -0.1) is 11.3 Å².